The van der Waals surface area contributed by atoms with Gasteiger partial charge in [-0.3, -0.25) is 9.69 Å². The van der Waals surface area contributed by atoms with Gasteiger partial charge in [-0.1, -0.05) is 12.1 Å². The van der Waals surface area contributed by atoms with Crippen molar-refractivity contribution in [1.29, 1.82) is 0 Å². The molecule has 1 fully saturated rings. The Morgan fingerprint density at radius 2 is 1.63 bits per heavy atom. The zero-order valence-electron chi connectivity index (χ0n) is 14.9. The number of nitrogens with zero attached hydrogens (tertiary/aromatic N) is 1. The SMILES string of the molecule is O=C(COc1ccc(F)cc1)NCC(c1ccc(F)cc1)N1CCOCC1. The number of hydrogen-bond acceptors (Lipinski definition) is 4. The molecule has 1 aliphatic rings. The van der Waals surface area contributed by atoms with Crippen LogP contribution in [0.15, 0.2) is 48.5 Å². The topological polar surface area (TPSA) is 50.8 Å². The first-order chi connectivity index (χ1) is 13.1. The molecule has 0 radical (unpaired) electrons. The maximum absolute atomic E-state index is 13.2. The van der Waals surface area contributed by atoms with E-state index in [1.807, 2.05) is 0 Å². The van der Waals surface area contributed by atoms with Crippen molar-refractivity contribution in [3.05, 3.63) is 65.7 Å². The molecule has 1 heterocycles. The molecule has 0 saturated carbocycles. The highest BCUT2D eigenvalue weighted by Crippen LogP contribution is 2.21. The zero-order chi connectivity index (χ0) is 19.1. The van der Waals surface area contributed by atoms with Gasteiger partial charge in [-0.15, -0.1) is 0 Å². The summed E-state index contributed by atoms with van der Waals surface area (Å²) >= 11 is 0. The van der Waals surface area contributed by atoms with Gasteiger partial charge in [-0.05, 0) is 42.0 Å². The molecule has 1 unspecified atom stereocenters. The molecule has 2 aromatic carbocycles. The van der Waals surface area contributed by atoms with Gasteiger partial charge >= 0.3 is 0 Å². The van der Waals surface area contributed by atoms with Crippen LogP contribution in [-0.4, -0.2) is 50.3 Å². The minimum absolute atomic E-state index is 0.0794. The summed E-state index contributed by atoms with van der Waals surface area (Å²) in [5.74, 6) is -0.509. The number of morpholine rings is 1. The molecular formula is C20H22F2N2O3. The second-order valence-corrected chi connectivity index (χ2v) is 6.26. The third kappa shape index (κ3) is 5.74. The molecule has 5 nitrogen and oxygen atoms in total. The van der Waals surface area contributed by atoms with Crippen LogP contribution in [0.3, 0.4) is 0 Å². The van der Waals surface area contributed by atoms with Gasteiger partial charge in [0, 0.05) is 19.6 Å². The summed E-state index contributed by atoms with van der Waals surface area (Å²) in [4.78, 5) is 14.3. The van der Waals surface area contributed by atoms with E-state index in [1.54, 1.807) is 12.1 Å². The van der Waals surface area contributed by atoms with Crippen molar-refractivity contribution in [2.24, 2.45) is 0 Å². The predicted octanol–water partition coefficient (Wildman–Crippen LogP) is 2.53. The van der Waals surface area contributed by atoms with Crippen molar-refractivity contribution in [3.8, 4) is 5.75 Å². The minimum Gasteiger partial charge on any atom is -0.484 e. The molecule has 1 atom stereocenters. The van der Waals surface area contributed by atoms with Gasteiger partial charge in [0.05, 0.1) is 19.3 Å². The number of ether oxygens (including phenoxy) is 2. The van der Waals surface area contributed by atoms with E-state index in [9.17, 15) is 13.6 Å². The van der Waals surface area contributed by atoms with Crippen LogP contribution in [0.2, 0.25) is 0 Å². The molecule has 1 amide bonds. The van der Waals surface area contributed by atoms with E-state index in [1.165, 1.54) is 36.4 Å². The molecule has 0 spiro atoms. The van der Waals surface area contributed by atoms with E-state index in [2.05, 4.69) is 10.2 Å². The summed E-state index contributed by atoms with van der Waals surface area (Å²) in [6, 6.07) is 11.7. The number of nitrogens with one attached hydrogen (secondary N) is 1. The van der Waals surface area contributed by atoms with Crippen molar-refractivity contribution in [3.63, 3.8) is 0 Å². The van der Waals surface area contributed by atoms with E-state index >= 15 is 0 Å². The fraction of sp³-hybridized carbons (Fsp3) is 0.350. The molecule has 7 heteroatoms. The second-order valence-electron chi connectivity index (χ2n) is 6.26. The molecular weight excluding hydrogens is 354 g/mol. The molecule has 0 aliphatic carbocycles. The summed E-state index contributed by atoms with van der Waals surface area (Å²) in [5.41, 5.74) is 0.929. The Morgan fingerprint density at radius 3 is 2.26 bits per heavy atom. The normalized spacial score (nSPS) is 15.9. The first kappa shape index (κ1) is 19.3. The number of benzene rings is 2. The van der Waals surface area contributed by atoms with Gasteiger partial charge in [0.1, 0.15) is 17.4 Å². The minimum atomic E-state index is -0.362. The molecule has 1 aliphatic heterocycles. The molecule has 3 rings (SSSR count). The van der Waals surface area contributed by atoms with Crippen LogP contribution in [0.25, 0.3) is 0 Å². The van der Waals surface area contributed by atoms with Crippen molar-refractivity contribution >= 4 is 5.91 Å². The van der Waals surface area contributed by atoms with Gasteiger partial charge in [0.25, 0.3) is 5.91 Å². The lowest BCUT2D eigenvalue weighted by Crippen LogP contribution is -2.44. The van der Waals surface area contributed by atoms with Crippen LogP contribution in [0.5, 0.6) is 5.75 Å². The quantitative estimate of drug-likeness (QED) is 0.807. The third-order valence-electron chi connectivity index (χ3n) is 4.42. The molecule has 0 aromatic heterocycles. The van der Waals surface area contributed by atoms with Gasteiger partial charge in [-0.25, -0.2) is 8.78 Å². The fourth-order valence-corrected chi connectivity index (χ4v) is 2.97. The lowest BCUT2D eigenvalue weighted by molar-refractivity contribution is -0.123. The molecule has 1 N–H and O–H groups in total. The largest absolute Gasteiger partial charge is 0.484 e. The maximum Gasteiger partial charge on any atom is 0.258 e. The summed E-state index contributed by atoms with van der Waals surface area (Å²) in [5, 5.41) is 2.86. The van der Waals surface area contributed by atoms with Gasteiger partial charge in [0.2, 0.25) is 0 Å². The smallest absolute Gasteiger partial charge is 0.258 e. The van der Waals surface area contributed by atoms with E-state index in [0.717, 1.165) is 18.7 Å². The first-order valence-corrected chi connectivity index (χ1v) is 8.84. The van der Waals surface area contributed by atoms with Gasteiger partial charge < -0.3 is 14.8 Å². The van der Waals surface area contributed by atoms with Crippen LogP contribution in [0.1, 0.15) is 11.6 Å². The first-order valence-electron chi connectivity index (χ1n) is 8.84. The monoisotopic (exact) mass is 376 g/mol. The lowest BCUT2D eigenvalue weighted by atomic mass is 10.0. The molecule has 0 bridgehead atoms. The highest BCUT2D eigenvalue weighted by molar-refractivity contribution is 5.77. The summed E-state index contributed by atoms with van der Waals surface area (Å²) < 4.78 is 36.9. The summed E-state index contributed by atoms with van der Waals surface area (Å²) in [6.45, 7) is 2.94. The van der Waals surface area contributed by atoms with Gasteiger partial charge in [-0.2, -0.15) is 0 Å². The molecule has 144 valence electrons. The van der Waals surface area contributed by atoms with Crippen LogP contribution >= 0.6 is 0 Å². The van der Waals surface area contributed by atoms with Crippen molar-refractivity contribution in [2.45, 2.75) is 6.04 Å². The number of hydrogen-bond donors (Lipinski definition) is 1. The Labute approximate surface area is 156 Å². The number of amides is 1. The Balaban J connectivity index is 1.57. The number of carbonyl (C=O) groups is 1. The Morgan fingerprint density at radius 1 is 1.04 bits per heavy atom. The fourth-order valence-electron chi connectivity index (χ4n) is 2.97. The number of rotatable bonds is 7. The summed E-state index contributed by atoms with van der Waals surface area (Å²) in [6.07, 6.45) is 0. The molecule has 2 aromatic rings. The number of halogens is 2. The van der Waals surface area contributed by atoms with Crippen LogP contribution in [0, 0.1) is 11.6 Å². The van der Waals surface area contributed by atoms with Crippen LogP contribution < -0.4 is 10.1 Å². The van der Waals surface area contributed by atoms with E-state index < -0.39 is 0 Å². The van der Waals surface area contributed by atoms with Crippen molar-refractivity contribution in [2.75, 3.05) is 39.5 Å². The average molecular weight is 376 g/mol. The third-order valence-corrected chi connectivity index (χ3v) is 4.42. The Kier molecular flexibility index (Phi) is 6.73. The van der Waals surface area contributed by atoms with E-state index in [-0.39, 0.29) is 30.2 Å². The lowest BCUT2D eigenvalue weighted by Gasteiger charge is -2.35. The Hall–Kier alpha value is -2.51. The van der Waals surface area contributed by atoms with Gasteiger partial charge in [0.15, 0.2) is 6.61 Å². The predicted molar refractivity (Wildman–Crippen MR) is 96.4 cm³/mol. The summed E-state index contributed by atoms with van der Waals surface area (Å²) in [7, 11) is 0. The average Bonchev–Trinajstić information content (AvgIpc) is 2.70. The van der Waals surface area contributed by atoms with Crippen molar-refractivity contribution < 1.29 is 23.0 Å². The van der Waals surface area contributed by atoms with Crippen molar-refractivity contribution in [1.82, 2.24) is 10.2 Å². The van der Waals surface area contributed by atoms with Crippen LogP contribution in [-0.2, 0) is 9.53 Å². The standard InChI is InChI=1S/C20H22F2N2O3/c21-16-3-1-15(2-4-16)19(24-9-11-26-12-10-24)13-23-20(25)14-27-18-7-5-17(22)6-8-18/h1-8,19H,9-14H2,(H,23,25). The maximum atomic E-state index is 13.2. The van der Waals surface area contributed by atoms with E-state index in [4.69, 9.17) is 9.47 Å². The number of carbonyl (C=O) groups excluding carboxylic acids is 1. The highest BCUT2D eigenvalue weighted by atomic mass is 19.1. The molecule has 27 heavy (non-hydrogen) atoms. The highest BCUT2D eigenvalue weighted by Gasteiger charge is 2.23. The zero-order valence-corrected chi connectivity index (χ0v) is 14.9. The Bertz CT molecular complexity index is 732. The molecule has 1 saturated heterocycles. The van der Waals surface area contributed by atoms with Crippen LogP contribution in [0.4, 0.5) is 8.78 Å². The van der Waals surface area contributed by atoms with E-state index in [0.29, 0.717) is 25.5 Å². The second kappa shape index (κ2) is 9.43.